The molecule has 0 bridgehead atoms. The van der Waals surface area contributed by atoms with Gasteiger partial charge in [-0.1, -0.05) is 0 Å². The molecular formula is C8H13F2N3. The summed E-state index contributed by atoms with van der Waals surface area (Å²) < 4.78 is 25.8. The van der Waals surface area contributed by atoms with Crippen molar-refractivity contribution in [2.75, 3.05) is 0 Å². The monoisotopic (exact) mass is 189 g/mol. The topological polar surface area (TPSA) is 43.8 Å². The van der Waals surface area contributed by atoms with E-state index in [-0.39, 0.29) is 6.42 Å². The Morgan fingerprint density at radius 1 is 1.62 bits per heavy atom. The molecule has 2 N–H and O–H groups in total. The van der Waals surface area contributed by atoms with E-state index in [0.29, 0.717) is 0 Å². The van der Waals surface area contributed by atoms with Crippen LogP contribution in [-0.2, 0) is 13.5 Å². The molecule has 0 aliphatic rings. The van der Waals surface area contributed by atoms with Crippen molar-refractivity contribution in [1.29, 1.82) is 0 Å². The molecule has 0 aliphatic carbocycles. The SMILES string of the molecule is Cc1nn(C)cc1CC(N)C(F)F. The summed E-state index contributed by atoms with van der Waals surface area (Å²) in [5, 5.41) is 4.04. The standard InChI is InChI=1S/C8H13F2N3/c1-5-6(4-13(2)12-5)3-7(11)8(9)10/h4,7-8H,3,11H2,1-2H3. The van der Waals surface area contributed by atoms with Gasteiger partial charge in [-0.3, -0.25) is 4.68 Å². The van der Waals surface area contributed by atoms with Gasteiger partial charge in [-0.15, -0.1) is 0 Å². The Morgan fingerprint density at radius 2 is 2.23 bits per heavy atom. The highest BCUT2D eigenvalue weighted by Crippen LogP contribution is 2.10. The third kappa shape index (κ3) is 2.48. The summed E-state index contributed by atoms with van der Waals surface area (Å²) in [5.74, 6) is 0. The maximum atomic E-state index is 12.1. The molecule has 0 spiro atoms. The minimum atomic E-state index is -2.47. The fourth-order valence-corrected chi connectivity index (χ4v) is 1.19. The van der Waals surface area contributed by atoms with Crippen molar-refractivity contribution < 1.29 is 8.78 Å². The van der Waals surface area contributed by atoms with E-state index in [4.69, 9.17) is 5.73 Å². The number of halogens is 2. The molecule has 1 atom stereocenters. The minimum absolute atomic E-state index is 0.178. The van der Waals surface area contributed by atoms with Gasteiger partial charge in [0.1, 0.15) is 0 Å². The van der Waals surface area contributed by atoms with Gasteiger partial charge in [0.2, 0.25) is 0 Å². The normalized spacial score (nSPS) is 13.7. The van der Waals surface area contributed by atoms with Gasteiger partial charge in [0.25, 0.3) is 6.43 Å². The largest absolute Gasteiger partial charge is 0.323 e. The lowest BCUT2D eigenvalue weighted by molar-refractivity contribution is 0.116. The van der Waals surface area contributed by atoms with Gasteiger partial charge in [0.05, 0.1) is 11.7 Å². The van der Waals surface area contributed by atoms with Crippen LogP contribution in [0.3, 0.4) is 0 Å². The van der Waals surface area contributed by atoms with E-state index in [1.165, 1.54) is 0 Å². The second-order valence-electron chi connectivity index (χ2n) is 3.12. The molecule has 13 heavy (non-hydrogen) atoms. The van der Waals surface area contributed by atoms with Gasteiger partial charge in [0, 0.05) is 13.2 Å². The first-order valence-corrected chi connectivity index (χ1v) is 4.03. The number of aryl methyl sites for hydroxylation is 2. The molecule has 0 aliphatic heterocycles. The molecule has 3 nitrogen and oxygen atoms in total. The zero-order valence-electron chi connectivity index (χ0n) is 7.67. The summed E-state index contributed by atoms with van der Waals surface area (Å²) in [5.41, 5.74) is 6.79. The number of nitrogens with two attached hydrogens (primary N) is 1. The molecule has 1 aromatic rings. The van der Waals surface area contributed by atoms with Crippen LogP contribution in [0.25, 0.3) is 0 Å². The molecule has 1 heterocycles. The number of hydrogen-bond donors (Lipinski definition) is 1. The van der Waals surface area contributed by atoms with E-state index < -0.39 is 12.5 Å². The average Bonchev–Trinajstić information content (AvgIpc) is 2.30. The predicted molar refractivity (Wildman–Crippen MR) is 45.6 cm³/mol. The fourth-order valence-electron chi connectivity index (χ4n) is 1.19. The van der Waals surface area contributed by atoms with Crippen molar-refractivity contribution in [1.82, 2.24) is 9.78 Å². The summed E-state index contributed by atoms with van der Waals surface area (Å²) in [4.78, 5) is 0. The van der Waals surface area contributed by atoms with E-state index in [2.05, 4.69) is 5.10 Å². The van der Waals surface area contributed by atoms with Crippen molar-refractivity contribution in [2.24, 2.45) is 12.8 Å². The lowest BCUT2D eigenvalue weighted by Gasteiger charge is -2.08. The van der Waals surface area contributed by atoms with Crippen LogP contribution in [0.2, 0.25) is 0 Å². The number of alkyl halides is 2. The summed E-state index contributed by atoms with van der Waals surface area (Å²) in [7, 11) is 1.75. The van der Waals surface area contributed by atoms with Crippen molar-refractivity contribution in [3.8, 4) is 0 Å². The molecule has 0 saturated heterocycles. The molecule has 1 aromatic heterocycles. The zero-order chi connectivity index (χ0) is 10.0. The van der Waals surface area contributed by atoms with Gasteiger partial charge >= 0.3 is 0 Å². The third-order valence-corrected chi connectivity index (χ3v) is 1.89. The van der Waals surface area contributed by atoms with E-state index in [1.807, 2.05) is 0 Å². The van der Waals surface area contributed by atoms with Gasteiger partial charge in [-0.25, -0.2) is 8.78 Å². The molecule has 1 rings (SSSR count). The third-order valence-electron chi connectivity index (χ3n) is 1.89. The van der Waals surface area contributed by atoms with Crippen LogP contribution in [0.5, 0.6) is 0 Å². The van der Waals surface area contributed by atoms with Gasteiger partial charge in [-0.05, 0) is 18.9 Å². The summed E-state index contributed by atoms with van der Waals surface area (Å²) in [6.07, 6.45) is -0.575. The van der Waals surface area contributed by atoms with Crippen molar-refractivity contribution in [2.45, 2.75) is 25.8 Å². The van der Waals surface area contributed by atoms with E-state index >= 15 is 0 Å². The van der Waals surface area contributed by atoms with Crippen LogP contribution in [0.1, 0.15) is 11.3 Å². The molecule has 5 heteroatoms. The predicted octanol–water partition coefficient (Wildman–Crippen LogP) is 0.863. The van der Waals surface area contributed by atoms with E-state index in [1.54, 1.807) is 24.9 Å². The highest BCUT2D eigenvalue weighted by atomic mass is 19.3. The van der Waals surface area contributed by atoms with Crippen molar-refractivity contribution >= 4 is 0 Å². The second-order valence-corrected chi connectivity index (χ2v) is 3.12. The smallest absolute Gasteiger partial charge is 0.253 e. The summed E-state index contributed by atoms with van der Waals surface area (Å²) in [6.45, 7) is 1.79. The molecule has 0 amide bonds. The Balaban J connectivity index is 2.68. The van der Waals surface area contributed by atoms with Gasteiger partial charge < -0.3 is 5.73 Å². The van der Waals surface area contributed by atoms with Crippen LogP contribution in [0.4, 0.5) is 8.78 Å². The molecule has 1 unspecified atom stereocenters. The first-order valence-electron chi connectivity index (χ1n) is 4.03. The van der Waals surface area contributed by atoms with Crippen molar-refractivity contribution in [3.05, 3.63) is 17.5 Å². The summed E-state index contributed by atoms with van der Waals surface area (Å²) in [6, 6.07) is -1.09. The molecule has 0 radical (unpaired) electrons. The Hall–Kier alpha value is -0.970. The summed E-state index contributed by atoms with van der Waals surface area (Å²) >= 11 is 0. The number of rotatable bonds is 3. The highest BCUT2D eigenvalue weighted by molar-refractivity contribution is 5.16. The Kier molecular flexibility index (Phi) is 2.98. The highest BCUT2D eigenvalue weighted by Gasteiger charge is 2.17. The van der Waals surface area contributed by atoms with Crippen molar-refractivity contribution in [3.63, 3.8) is 0 Å². The Labute approximate surface area is 75.5 Å². The van der Waals surface area contributed by atoms with Gasteiger partial charge in [-0.2, -0.15) is 5.10 Å². The fraction of sp³-hybridized carbons (Fsp3) is 0.625. The quantitative estimate of drug-likeness (QED) is 0.766. The Bertz CT molecular complexity index is 283. The molecule has 74 valence electrons. The van der Waals surface area contributed by atoms with Crippen LogP contribution in [0.15, 0.2) is 6.20 Å². The average molecular weight is 189 g/mol. The maximum Gasteiger partial charge on any atom is 0.253 e. The van der Waals surface area contributed by atoms with Crippen LogP contribution >= 0.6 is 0 Å². The maximum absolute atomic E-state index is 12.1. The number of aromatic nitrogens is 2. The molecule has 0 aromatic carbocycles. The number of hydrogen-bond acceptors (Lipinski definition) is 2. The lowest BCUT2D eigenvalue weighted by atomic mass is 10.1. The van der Waals surface area contributed by atoms with Crippen LogP contribution < -0.4 is 5.73 Å². The lowest BCUT2D eigenvalue weighted by Crippen LogP contribution is -2.31. The van der Waals surface area contributed by atoms with E-state index in [0.717, 1.165) is 11.3 Å². The van der Waals surface area contributed by atoms with Crippen LogP contribution in [-0.4, -0.2) is 22.2 Å². The molecule has 0 fully saturated rings. The van der Waals surface area contributed by atoms with Gasteiger partial charge in [0.15, 0.2) is 0 Å². The first kappa shape index (κ1) is 10.1. The Morgan fingerprint density at radius 3 is 2.62 bits per heavy atom. The first-order chi connectivity index (χ1) is 6.00. The second kappa shape index (κ2) is 3.83. The molecular weight excluding hydrogens is 176 g/mol. The molecule has 0 saturated carbocycles. The number of nitrogens with zero attached hydrogens (tertiary/aromatic N) is 2. The zero-order valence-corrected chi connectivity index (χ0v) is 7.67. The van der Waals surface area contributed by atoms with Crippen LogP contribution in [0, 0.1) is 6.92 Å². The van der Waals surface area contributed by atoms with E-state index in [9.17, 15) is 8.78 Å². The minimum Gasteiger partial charge on any atom is -0.323 e.